The highest BCUT2D eigenvalue weighted by molar-refractivity contribution is 5.79. The minimum atomic E-state index is -0.639. The monoisotopic (exact) mass is 168 g/mol. The van der Waals surface area contributed by atoms with Crippen LogP contribution in [0.1, 0.15) is 27.2 Å². The Morgan fingerprint density at radius 1 is 1.50 bits per heavy atom. The molecule has 0 aromatic rings. The molecule has 0 aromatic carbocycles. The highest BCUT2D eigenvalue weighted by Crippen LogP contribution is 2.09. The summed E-state index contributed by atoms with van der Waals surface area (Å²) in [7, 11) is 0. The Kier molecular flexibility index (Phi) is 3.78. The van der Waals surface area contributed by atoms with Gasteiger partial charge in [0, 0.05) is 11.8 Å². The first-order chi connectivity index (χ1) is 5.33. The molecule has 0 heterocycles. The summed E-state index contributed by atoms with van der Waals surface area (Å²) in [5.41, 5.74) is 10.3. The third-order valence-electron chi connectivity index (χ3n) is 1.15. The van der Waals surface area contributed by atoms with Crippen molar-refractivity contribution in [2.24, 2.45) is 16.9 Å². The van der Waals surface area contributed by atoms with E-state index in [1.54, 1.807) is 0 Å². The van der Waals surface area contributed by atoms with Gasteiger partial charge in [-0.3, -0.25) is 4.79 Å². The Morgan fingerprint density at radius 2 is 2.00 bits per heavy atom. The first-order valence-electron chi connectivity index (χ1n) is 3.88. The molecule has 0 saturated carbocycles. The first-order valence-corrected chi connectivity index (χ1v) is 3.88. The molecule has 0 saturated heterocycles. The van der Waals surface area contributed by atoms with E-state index in [2.05, 4.69) is 11.8 Å². The molecule has 3 heteroatoms. The summed E-state index contributed by atoms with van der Waals surface area (Å²) >= 11 is 0. The van der Waals surface area contributed by atoms with Crippen LogP contribution in [-0.4, -0.2) is 11.9 Å². The second kappa shape index (κ2) is 4.13. The number of nitrogens with two attached hydrogens (primary N) is 2. The molecule has 0 aliphatic rings. The SMILES string of the molecule is CC(C)(C)C#CCC(N)C(N)=O. The van der Waals surface area contributed by atoms with E-state index in [-0.39, 0.29) is 5.41 Å². The first kappa shape index (κ1) is 11.0. The number of rotatable bonds is 2. The number of hydrogen-bond donors (Lipinski definition) is 2. The topological polar surface area (TPSA) is 69.1 Å². The van der Waals surface area contributed by atoms with Gasteiger partial charge in [-0.2, -0.15) is 0 Å². The quantitative estimate of drug-likeness (QED) is 0.580. The summed E-state index contributed by atoms with van der Waals surface area (Å²) < 4.78 is 0. The maximum absolute atomic E-state index is 10.5. The molecule has 1 atom stereocenters. The van der Waals surface area contributed by atoms with Crippen LogP contribution in [0.25, 0.3) is 0 Å². The van der Waals surface area contributed by atoms with Crippen molar-refractivity contribution >= 4 is 5.91 Å². The molecule has 12 heavy (non-hydrogen) atoms. The zero-order valence-corrected chi connectivity index (χ0v) is 7.85. The van der Waals surface area contributed by atoms with E-state index < -0.39 is 11.9 Å². The highest BCUT2D eigenvalue weighted by Gasteiger charge is 2.07. The van der Waals surface area contributed by atoms with Gasteiger partial charge in [-0.15, -0.1) is 5.92 Å². The lowest BCUT2D eigenvalue weighted by atomic mass is 9.97. The van der Waals surface area contributed by atoms with E-state index in [0.717, 1.165) is 0 Å². The standard InChI is InChI=1S/C9H16N2O/c1-9(2,3)6-4-5-7(10)8(11)12/h7H,5,10H2,1-3H3,(H2,11,12). The van der Waals surface area contributed by atoms with Crippen LogP contribution in [0.3, 0.4) is 0 Å². The van der Waals surface area contributed by atoms with Gasteiger partial charge in [-0.1, -0.05) is 5.92 Å². The van der Waals surface area contributed by atoms with E-state index in [9.17, 15) is 4.79 Å². The van der Waals surface area contributed by atoms with E-state index in [4.69, 9.17) is 11.5 Å². The molecule has 68 valence electrons. The summed E-state index contributed by atoms with van der Waals surface area (Å²) in [4.78, 5) is 10.5. The highest BCUT2D eigenvalue weighted by atomic mass is 16.1. The number of carbonyl (C=O) groups excluding carboxylic acids is 1. The van der Waals surface area contributed by atoms with Crippen LogP contribution in [0.2, 0.25) is 0 Å². The van der Waals surface area contributed by atoms with Crippen molar-refractivity contribution in [3.05, 3.63) is 0 Å². The van der Waals surface area contributed by atoms with Gasteiger partial charge in [-0.05, 0) is 20.8 Å². The summed E-state index contributed by atoms with van der Waals surface area (Å²) in [6, 6.07) is -0.639. The Morgan fingerprint density at radius 3 is 2.33 bits per heavy atom. The van der Waals surface area contributed by atoms with Crippen LogP contribution in [0.15, 0.2) is 0 Å². The van der Waals surface area contributed by atoms with Gasteiger partial charge in [0.05, 0.1) is 6.04 Å². The van der Waals surface area contributed by atoms with Crippen LogP contribution >= 0.6 is 0 Å². The fourth-order valence-electron chi connectivity index (χ4n) is 0.527. The molecular weight excluding hydrogens is 152 g/mol. The van der Waals surface area contributed by atoms with Crippen molar-refractivity contribution in [3.8, 4) is 11.8 Å². The van der Waals surface area contributed by atoms with Crippen molar-refractivity contribution < 1.29 is 4.79 Å². The van der Waals surface area contributed by atoms with Crippen LogP contribution < -0.4 is 11.5 Å². The minimum absolute atomic E-state index is 0.0443. The predicted molar refractivity (Wildman–Crippen MR) is 49.0 cm³/mol. The molecule has 4 N–H and O–H groups in total. The summed E-state index contributed by atoms with van der Waals surface area (Å²) in [6.45, 7) is 5.99. The molecule has 1 unspecified atom stereocenters. The molecular formula is C9H16N2O. The van der Waals surface area contributed by atoms with Gasteiger partial charge in [0.2, 0.25) is 5.91 Å². The lowest BCUT2D eigenvalue weighted by molar-refractivity contribution is -0.119. The second-order valence-electron chi connectivity index (χ2n) is 3.76. The second-order valence-corrected chi connectivity index (χ2v) is 3.76. The van der Waals surface area contributed by atoms with Gasteiger partial charge in [0.1, 0.15) is 0 Å². The fraction of sp³-hybridized carbons (Fsp3) is 0.667. The fourth-order valence-corrected chi connectivity index (χ4v) is 0.527. The Labute approximate surface area is 73.5 Å². The van der Waals surface area contributed by atoms with Crippen molar-refractivity contribution in [2.75, 3.05) is 0 Å². The van der Waals surface area contributed by atoms with Gasteiger partial charge in [0.25, 0.3) is 0 Å². The van der Waals surface area contributed by atoms with Gasteiger partial charge in [0.15, 0.2) is 0 Å². The molecule has 0 fully saturated rings. The molecule has 0 spiro atoms. The molecule has 0 radical (unpaired) electrons. The molecule has 0 aliphatic carbocycles. The van der Waals surface area contributed by atoms with Gasteiger partial charge >= 0.3 is 0 Å². The zero-order chi connectivity index (χ0) is 9.78. The molecule has 0 aromatic heterocycles. The van der Waals surface area contributed by atoms with Crippen molar-refractivity contribution in [1.29, 1.82) is 0 Å². The number of primary amides is 1. The van der Waals surface area contributed by atoms with Crippen molar-refractivity contribution in [2.45, 2.75) is 33.2 Å². The zero-order valence-electron chi connectivity index (χ0n) is 7.85. The Bertz CT molecular complexity index is 217. The third-order valence-corrected chi connectivity index (χ3v) is 1.15. The van der Waals surface area contributed by atoms with E-state index in [0.29, 0.717) is 6.42 Å². The number of amides is 1. The summed E-state index contributed by atoms with van der Waals surface area (Å²) in [5, 5.41) is 0. The molecule has 0 aliphatic heterocycles. The number of hydrogen-bond acceptors (Lipinski definition) is 2. The average Bonchev–Trinajstić information content (AvgIpc) is 1.84. The number of carbonyl (C=O) groups is 1. The smallest absolute Gasteiger partial charge is 0.235 e. The lowest BCUT2D eigenvalue weighted by Crippen LogP contribution is -2.35. The molecule has 0 bridgehead atoms. The van der Waals surface area contributed by atoms with Crippen molar-refractivity contribution in [3.63, 3.8) is 0 Å². The maximum atomic E-state index is 10.5. The van der Waals surface area contributed by atoms with Crippen molar-refractivity contribution in [1.82, 2.24) is 0 Å². The molecule has 3 nitrogen and oxygen atoms in total. The normalized spacial score (nSPS) is 13.0. The summed E-state index contributed by atoms with van der Waals surface area (Å²) in [5.74, 6) is 5.30. The average molecular weight is 168 g/mol. The largest absolute Gasteiger partial charge is 0.368 e. The predicted octanol–water partition coefficient (Wildman–Crippen LogP) is 0.239. The van der Waals surface area contributed by atoms with E-state index in [1.165, 1.54) is 0 Å². The van der Waals surface area contributed by atoms with Gasteiger partial charge < -0.3 is 11.5 Å². The molecule has 0 rings (SSSR count). The lowest BCUT2D eigenvalue weighted by Gasteiger charge is -2.07. The van der Waals surface area contributed by atoms with Gasteiger partial charge in [-0.25, -0.2) is 0 Å². The van der Waals surface area contributed by atoms with E-state index in [1.807, 2.05) is 20.8 Å². The van der Waals surface area contributed by atoms with Crippen LogP contribution in [0, 0.1) is 17.3 Å². The van der Waals surface area contributed by atoms with Crippen LogP contribution in [0.4, 0.5) is 0 Å². The Hall–Kier alpha value is -1.01. The van der Waals surface area contributed by atoms with Crippen LogP contribution in [-0.2, 0) is 4.79 Å². The van der Waals surface area contributed by atoms with Crippen LogP contribution in [0.5, 0.6) is 0 Å². The minimum Gasteiger partial charge on any atom is -0.368 e. The Balaban J connectivity index is 3.96. The summed E-state index contributed by atoms with van der Waals surface area (Å²) in [6.07, 6.45) is 0.340. The maximum Gasteiger partial charge on any atom is 0.235 e. The van der Waals surface area contributed by atoms with E-state index >= 15 is 0 Å². The third kappa shape index (κ3) is 5.75. The molecule has 1 amide bonds.